The minimum absolute atomic E-state index is 0.151. The van der Waals surface area contributed by atoms with Crippen molar-refractivity contribution in [2.24, 2.45) is 0 Å². The van der Waals surface area contributed by atoms with E-state index in [1.165, 1.54) is 37.3 Å². The van der Waals surface area contributed by atoms with Crippen molar-refractivity contribution in [3.63, 3.8) is 0 Å². The summed E-state index contributed by atoms with van der Waals surface area (Å²) in [5, 5.41) is 11.4. The van der Waals surface area contributed by atoms with Crippen LogP contribution in [0.2, 0.25) is 5.02 Å². The maximum absolute atomic E-state index is 12.8. The number of sulfonamides is 1. The van der Waals surface area contributed by atoms with Gasteiger partial charge in [-0.15, -0.1) is 0 Å². The fourth-order valence-corrected chi connectivity index (χ4v) is 4.34. The van der Waals surface area contributed by atoms with E-state index in [9.17, 15) is 18.5 Å². The SMILES string of the molecule is Cc1cccc([N+](=O)[O-])c1S(=O)(=O)Nc1ccc(OCc2ccccn2)c(Cl)c1. The fourth-order valence-electron chi connectivity index (χ4n) is 2.65. The molecule has 0 fully saturated rings. The first-order valence-electron chi connectivity index (χ1n) is 8.37. The number of rotatable bonds is 7. The third-order valence-electron chi connectivity index (χ3n) is 3.94. The van der Waals surface area contributed by atoms with Gasteiger partial charge in [-0.25, -0.2) is 8.42 Å². The van der Waals surface area contributed by atoms with Crippen molar-refractivity contribution in [3.05, 3.63) is 87.2 Å². The van der Waals surface area contributed by atoms with Crippen molar-refractivity contribution in [1.29, 1.82) is 0 Å². The molecule has 0 unspecified atom stereocenters. The maximum atomic E-state index is 12.8. The normalized spacial score (nSPS) is 11.1. The number of pyridine rings is 1. The lowest BCUT2D eigenvalue weighted by Gasteiger charge is -2.12. The number of anilines is 1. The number of nitrogens with one attached hydrogen (secondary N) is 1. The molecule has 0 aliphatic heterocycles. The molecule has 0 saturated heterocycles. The lowest BCUT2D eigenvalue weighted by Crippen LogP contribution is -2.16. The Balaban J connectivity index is 1.82. The zero-order chi connectivity index (χ0) is 21.0. The second-order valence-electron chi connectivity index (χ2n) is 6.04. The first kappa shape index (κ1) is 20.6. The Morgan fingerprint density at radius 2 is 1.97 bits per heavy atom. The minimum atomic E-state index is -4.21. The van der Waals surface area contributed by atoms with Gasteiger partial charge in [0.05, 0.1) is 21.3 Å². The summed E-state index contributed by atoms with van der Waals surface area (Å²) in [5.41, 5.74) is 0.616. The van der Waals surface area contributed by atoms with Crippen LogP contribution in [0, 0.1) is 17.0 Å². The lowest BCUT2D eigenvalue weighted by molar-refractivity contribution is -0.387. The van der Waals surface area contributed by atoms with Gasteiger partial charge >= 0.3 is 0 Å². The molecular weight excluding hydrogens is 418 g/mol. The molecule has 3 aromatic rings. The maximum Gasteiger partial charge on any atom is 0.290 e. The standard InChI is InChI=1S/C19H16ClN3O5S/c1-13-5-4-7-17(23(24)25)19(13)29(26,27)22-14-8-9-18(16(20)11-14)28-12-15-6-2-3-10-21-15/h2-11,22H,12H2,1H3. The summed E-state index contributed by atoms with van der Waals surface area (Å²) >= 11 is 6.20. The van der Waals surface area contributed by atoms with E-state index in [1.807, 2.05) is 6.07 Å². The lowest BCUT2D eigenvalue weighted by atomic mass is 10.2. The second kappa shape index (κ2) is 8.46. The first-order valence-corrected chi connectivity index (χ1v) is 10.2. The molecule has 0 bridgehead atoms. The molecule has 1 aromatic heterocycles. The quantitative estimate of drug-likeness (QED) is 0.438. The topological polar surface area (TPSA) is 111 Å². The molecule has 1 N–H and O–H groups in total. The Morgan fingerprint density at radius 1 is 1.17 bits per heavy atom. The van der Waals surface area contributed by atoms with E-state index in [-0.39, 0.29) is 22.9 Å². The van der Waals surface area contributed by atoms with Crippen LogP contribution in [-0.4, -0.2) is 18.3 Å². The van der Waals surface area contributed by atoms with Gasteiger partial charge in [-0.05, 0) is 42.8 Å². The van der Waals surface area contributed by atoms with E-state index in [1.54, 1.807) is 18.3 Å². The summed E-state index contributed by atoms with van der Waals surface area (Å²) in [7, 11) is -4.21. The number of ether oxygens (including phenoxy) is 1. The van der Waals surface area contributed by atoms with Crippen molar-refractivity contribution in [2.45, 2.75) is 18.4 Å². The molecule has 29 heavy (non-hydrogen) atoms. The van der Waals surface area contributed by atoms with Crippen molar-refractivity contribution < 1.29 is 18.1 Å². The number of aryl methyl sites for hydroxylation is 1. The van der Waals surface area contributed by atoms with Gasteiger partial charge in [-0.1, -0.05) is 29.8 Å². The van der Waals surface area contributed by atoms with Crippen LogP contribution in [0.3, 0.4) is 0 Å². The molecule has 3 rings (SSSR count). The van der Waals surface area contributed by atoms with Crippen LogP contribution in [-0.2, 0) is 16.6 Å². The largest absolute Gasteiger partial charge is 0.486 e. The summed E-state index contributed by atoms with van der Waals surface area (Å²) in [6.45, 7) is 1.68. The van der Waals surface area contributed by atoms with Gasteiger partial charge in [0, 0.05) is 12.3 Å². The van der Waals surface area contributed by atoms with Crippen LogP contribution in [0.15, 0.2) is 65.7 Å². The average molecular weight is 434 g/mol. The monoisotopic (exact) mass is 433 g/mol. The molecule has 0 saturated carbocycles. The number of nitro benzene ring substituents is 1. The van der Waals surface area contributed by atoms with E-state index in [2.05, 4.69) is 9.71 Å². The summed E-state index contributed by atoms with van der Waals surface area (Å²) < 4.78 is 33.4. The van der Waals surface area contributed by atoms with Gasteiger partial charge in [-0.3, -0.25) is 19.8 Å². The van der Waals surface area contributed by atoms with Crippen LogP contribution in [0.4, 0.5) is 11.4 Å². The van der Waals surface area contributed by atoms with Gasteiger partial charge in [0.1, 0.15) is 12.4 Å². The number of halogens is 1. The molecule has 0 aliphatic rings. The van der Waals surface area contributed by atoms with Crippen molar-refractivity contribution >= 4 is 33.0 Å². The van der Waals surface area contributed by atoms with Crippen LogP contribution >= 0.6 is 11.6 Å². The molecule has 0 spiro atoms. The van der Waals surface area contributed by atoms with Crippen LogP contribution in [0.1, 0.15) is 11.3 Å². The number of hydrogen-bond donors (Lipinski definition) is 1. The third kappa shape index (κ3) is 4.82. The summed E-state index contributed by atoms with van der Waals surface area (Å²) in [6, 6.07) is 13.8. The van der Waals surface area contributed by atoms with Crippen molar-refractivity contribution in [2.75, 3.05) is 4.72 Å². The van der Waals surface area contributed by atoms with E-state index >= 15 is 0 Å². The minimum Gasteiger partial charge on any atom is -0.486 e. The second-order valence-corrected chi connectivity index (χ2v) is 8.07. The van der Waals surface area contributed by atoms with Gasteiger partial charge in [-0.2, -0.15) is 0 Å². The number of aromatic nitrogens is 1. The zero-order valence-corrected chi connectivity index (χ0v) is 16.8. The summed E-state index contributed by atoms with van der Waals surface area (Å²) in [6.07, 6.45) is 1.64. The van der Waals surface area contributed by atoms with Gasteiger partial charge in [0.15, 0.2) is 4.90 Å². The molecule has 2 aromatic carbocycles. The average Bonchev–Trinajstić information content (AvgIpc) is 2.67. The highest BCUT2D eigenvalue weighted by Crippen LogP contribution is 2.32. The summed E-state index contributed by atoms with van der Waals surface area (Å²) in [5.74, 6) is 0.349. The third-order valence-corrected chi connectivity index (χ3v) is 5.81. The zero-order valence-electron chi connectivity index (χ0n) is 15.2. The molecule has 0 amide bonds. The molecule has 10 heteroatoms. The molecular formula is C19H16ClN3O5S. The number of hydrogen-bond acceptors (Lipinski definition) is 6. The predicted molar refractivity (Wildman–Crippen MR) is 109 cm³/mol. The van der Waals surface area contributed by atoms with Crippen molar-refractivity contribution in [1.82, 2.24) is 4.98 Å². The van der Waals surface area contributed by atoms with Gasteiger partial charge in [0.25, 0.3) is 15.7 Å². The molecule has 0 radical (unpaired) electrons. The highest BCUT2D eigenvalue weighted by atomic mass is 35.5. The number of benzene rings is 2. The van der Waals surface area contributed by atoms with Crippen LogP contribution < -0.4 is 9.46 Å². The van der Waals surface area contributed by atoms with E-state index in [0.29, 0.717) is 11.4 Å². The molecule has 150 valence electrons. The van der Waals surface area contributed by atoms with Gasteiger partial charge < -0.3 is 4.74 Å². The highest BCUT2D eigenvalue weighted by molar-refractivity contribution is 7.93. The Bertz CT molecular complexity index is 1150. The molecule has 0 atom stereocenters. The fraction of sp³-hybridized carbons (Fsp3) is 0.105. The number of nitrogens with zero attached hydrogens (tertiary/aromatic N) is 2. The first-order chi connectivity index (χ1) is 13.8. The summed E-state index contributed by atoms with van der Waals surface area (Å²) in [4.78, 5) is 14.2. The number of nitro groups is 1. The Kier molecular flexibility index (Phi) is 6.00. The van der Waals surface area contributed by atoms with E-state index < -0.39 is 25.5 Å². The molecule has 0 aliphatic carbocycles. The Morgan fingerprint density at radius 3 is 2.62 bits per heavy atom. The molecule has 8 nitrogen and oxygen atoms in total. The van der Waals surface area contributed by atoms with E-state index in [0.717, 1.165) is 6.07 Å². The predicted octanol–water partition coefficient (Wildman–Crippen LogP) is 4.33. The van der Waals surface area contributed by atoms with Gasteiger partial charge in [0.2, 0.25) is 0 Å². The van der Waals surface area contributed by atoms with Crippen molar-refractivity contribution in [3.8, 4) is 5.75 Å². The van der Waals surface area contributed by atoms with Crippen LogP contribution in [0.25, 0.3) is 0 Å². The Labute approximate surface area is 172 Å². The molecule has 1 heterocycles. The Hall–Kier alpha value is -3.17. The van der Waals surface area contributed by atoms with Crippen LogP contribution in [0.5, 0.6) is 5.75 Å². The highest BCUT2D eigenvalue weighted by Gasteiger charge is 2.28. The van der Waals surface area contributed by atoms with E-state index in [4.69, 9.17) is 16.3 Å². The smallest absolute Gasteiger partial charge is 0.290 e.